The summed E-state index contributed by atoms with van der Waals surface area (Å²) < 4.78 is 12.9. The lowest BCUT2D eigenvalue weighted by Gasteiger charge is -2.36. The summed E-state index contributed by atoms with van der Waals surface area (Å²) in [6, 6.07) is 8.46. The maximum atomic E-state index is 12.9. The molecule has 1 aliphatic heterocycles. The Hall–Kier alpha value is -1.88. The van der Waals surface area contributed by atoms with Crippen molar-refractivity contribution in [1.82, 2.24) is 4.90 Å². The molecule has 1 aromatic heterocycles. The average molecular weight is 304 g/mol. The Morgan fingerprint density at radius 2 is 1.81 bits per heavy atom. The molecule has 0 bridgehead atoms. The third-order valence-corrected chi connectivity index (χ3v) is 4.60. The second-order valence-electron chi connectivity index (χ2n) is 5.20. The van der Waals surface area contributed by atoms with Crippen molar-refractivity contribution in [2.75, 3.05) is 31.1 Å². The lowest BCUT2D eigenvalue weighted by molar-refractivity contribution is 0.0747. The van der Waals surface area contributed by atoms with E-state index in [-0.39, 0.29) is 11.7 Å². The first-order valence-corrected chi connectivity index (χ1v) is 7.86. The van der Waals surface area contributed by atoms with Gasteiger partial charge in [-0.15, -0.1) is 11.3 Å². The van der Waals surface area contributed by atoms with E-state index in [0.717, 1.165) is 29.2 Å². The van der Waals surface area contributed by atoms with Crippen molar-refractivity contribution >= 4 is 22.9 Å². The van der Waals surface area contributed by atoms with E-state index < -0.39 is 0 Å². The molecule has 0 radical (unpaired) electrons. The number of hydrogen-bond acceptors (Lipinski definition) is 3. The van der Waals surface area contributed by atoms with Gasteiger partial charge in [-0.25, -0.2) is 4.39 Å². The van der Waals surface area contributed by atoms with Gasteiger partial charge in [0.15, 0.2) is 0 Å². The Morgan fingerprint density at radius 1 is 1.14 bits per heavy atom. The average Bonchev–Trinajstić information content (AvgIpc) is 2.94. The van der Waals surface area contributed by atoms with Gasteiger partial charge in [0.25, 0.3) is 5.91 Å². The highest BCUT2D eigenvalue weighted by Crippen LogP contribution is 2.19. The molecule has 110 valence electrons. The third kappa shape index (κ3) is 3.08. The predicted octanol–water partition coefficient (Wildman–Crippen LogP) is 3.16. The zero-order valence-electron chi connectivity index (χ0n) is 11.9. The van der Waals surface area contributed by atoms with Crippen molar-refractivity contribution in [3.8, 4) is 0 Å². The fourth-order valence-corrected chi connectivity index (χ4v) is 3.23. The summed E-state index contributed by atoms with van der Waals surface area (Å²) in [6.07, 6.45) is 0. The number of thiophene rings is 1. The van der Waals surface area contributed by atoms with Crippen LogP contribution in [-0.2, 0) is 0 Å². The zero-order chi connectivity index (χ0) is 14.8. The van der Waals surface area contributed by atoms with Crippen LogP contribution in [-0.4, -0.2) is 37.0 Å². The highest BCUT2D eigenvalue weighted by molar-refractivity contribution is 7.10. The fourth-order valence-electron chi connectivity index (χ4n) is 2.56. The Labute approximate surface area is 127 Å². The second-order valence-corrected chi connectivity index (χ2v) is 6.32. The van der Waals surface area contributed by atoms with Crippen LogP contribution in [0.4, 0.5) is 10.1 Å². The van der Waals surface area contributed by atoms with Crippen LogP contribution in [0.3, 0.4) is 0 Å². The van der Waals surface area contributed by atoms with E-state index >= 15 is 0 Å². The molecular weight excluding hydrogens is 287 g/mol. The zero-order valence-corrected chi connectivity index (χ0v) is 12.7. The minimum Gasteiger partial charge on any atom is -0.368 e. The summed E-state index contributed by atoms with van der Waals surface area (Å²) in [6.45, 7) is 4.96. The maximum absolute atomic E-state index is 12.9. The van der Waals surface area contributed by atoms with Crippen molar-refractivity contribution < 1.29 is 9.18 Å². The van der Waals surface area contributed by atoms with Gasteiger partial charge >= 0.3 is 0 Å². The van der Waals surface area contributed by atoms with E-state index in [9.17, 15) is 9.18 Å². The monoisotopic (exact) mass is 304 g/mol. The lowest BCUT2D eigenvalue weighted by Crippen LogP contribution is -2.48. The number of halogens is 1. The van der Waals surface area contributed by atoms with Gasteiger partial charge in [0, 0.05) is 42.1 Å². The third-order valence-electron chi connectivity index (χ3n) is 3.74. The summed E-state index contributed by atoms with van der Waals surface area (Å²) in [5.41, 5.74) is 1.79. The van der Waals surface area contributed by atoms with Gasteiger partial charge < -0.3 is 9.80 Å². The van der Waals surface area contributed by atoms with E-state index in [4.69, 9.17) is 0 Å². The standard InChI is InChI=1S/C16H17FN2OS/c1-12-10-13(11-21-12)16(20)19-8-6-18(7-9-19)15-4-2-14(17)3-5-15/h2-5,10-11H,6-9H2,1H3. The van der Waals surface area contributed by atoms with Crippen molar-refractivity contribution in [2.45, 2.75) is 6.92 Å². The van der Waals surface area contributed by atoms with Gasteiger partial charge in [0.2, 0.25) is 0 Å². The molecule has 1 aromatic carbocycles. The number of benzene rings is 1. The Balaban J connectivity index is 1.62. The number of carbonyl (C=O) groups excluding carboxylic acids is 1. The second kappa shape index (κ2) is 5.85. The molecule has 0 N–H and O–H groups in total. The highest BCUT2D eigenvalue weighted by atomic mass is 32.1. The molecule has 5 heteroatoms. The van der Waals surface area contributed by atoms with E-state index in [0.29, 0.717) is 13.1 Å². The van der Waals surface area contributed by atoms with E-state index in [1.54, 1.807) is 23.5 Å². The predicted molar refractivity (Wildman–Crippen MR) is 83.6 cm³/mol. The molecule has 0 saturated carbocycles. The van der Waals surface area contributed by atoms with Crippen LogP contribution in [0.2, 0.25) is 0 Å². The number of hydrogen-bond donors (Lipinski definition) is 0. The van der Waals surface area contributed by atoms with Crippen molar-refractivity contribution in [3.05, 3.63) is 52.0 Å². The Kier molecular flexibility index (Phi) is 3.92. The number of carbonyl (C=O) groups is 1. The first-order chi connectivity index (χ1) is 10.1. The topological polar surface area (TPSA) is 23.6 Å². The van der Waals surface area contributed by atoms with Crippen molar-refractivity contribution in [2.24, 2.45) is 0 Å². The van der Waals surface area contributed by atoms with E-state index in [1.165, 1.54) is 12.1 Å². The van der Waals surface area contributed by atoms with Gasteiger partial charge in [-0.1, -0.05) is 0 Å². The first-order valence-electron chi connectivity index (χ1n) is 6.98. The minimum absolute atomic E-state index is 0.109. The number of amides is 1. The largest absolute Gasteiger partial charge is 0.368 e. The molecule has 0 unspecified atom stereocenters. The Bertz CT molecular complexity index is 630. The summed E-state index contributed by atoms with van der Waals surface area (Å²) in [7, 11) is 0. The molecule has 1 saturated heterocycles. The van der Waals surface area contributed by atoms with Crippen LogP contribution in [0.25, 0.3) is 0 Å². The van der Waals surface area contributed by atoms with Crippen LogP contribution in [0.15, 0.2) is 35.7 Å². The van der Waals surface area contributed by atoms with E-state index in [1.807, 2.05) is 23.3 Å². The molecule has 0 atom stereocenters. The molecule has 1 aliphatic rings. The SMILES string of the molecule is Cc1cc(C(=O)N2CCN(c3ccc(F)cc3)CC2)cs1. The molecular formula is C16H17FN2OS. The first kappa shape index (κ1) is 14.1. The summed E-state index contributed by atoms with van der Waals surface area (Å²) in [4.78, 5) is 17.6. The molecule has 1 fully saturated rings. The van der Waals surface area contributed by atoms with Crippen LogP contribution in [0, 0.1) is 12.7 Å². The molecule has 2 aromatic rings. The van der Waals surface area contributed by atoms with Gasteiger partial charge in [0.1, 0.15) is 5.82 Å². The van der Waals surface area contributed by atoms with Crippen LogP contribution in [0.1, 0.15) is 15.2 Å². The lowest BCUT2D eigenvalue weighted by atomic mass is 10.2. The van der Waals surface area contributed by atoms with Gasteiger partial charge in [0.05, 0.1) is 5.56 Å². The van der Waals surface area contributed by atoms with Crippen LogP contribution in [0.5, 0.6) is 0 Å². The normalized spacial score (nSPS) is 15.3. The number of rotatable bonds is 2. The maximum Gasteiger partial charge on any atom is 0.254 e. The van der Waals surface area contributed by atoms with Crippen molar-refractivity contribution in [1.29, 1.82) is 0 Å². The molecule has 3 rings (SSSR count). The molecule has 3 nitrogen and oxygen atoms in total. The molecule has 0 spiro atoms. The van der Waals surface area contributed by atoms with Crippen molar-refractivity contribution in [3.63, 3.8) is 0 Å². The van der Waals surface area contributed by atoms with Crippen LogP contribution < -0.4 is 4.90 Å². The summed E-state index contributed by atoms with van der Waals surface area (Å²) >= 11 is 1.60. The molecule has 2 heterocycles. The summed E-state index contributed by atoms with van der Waals surface area (Å²) in [5, 5.41) is 1.92. The molecule has 21 heavy (non-hydrogen) atoms. The van der Waals surface area contributed by atoms with Gasteiger partial charge in [-0.05, 0) is 37.3 Å². The van der Waals surface area contributed by atoms with Gasteiger partial charge in [-0.3, -0.25) is 4.79 Å². The van der Waals surface area contributed by atoms with E-state index in [2.05, 4.69) is 4.90 Å². The molecule has 1 amide bonds. The van der Waals surface area contributed by atoms with Crippen LogP contribution >= 0.6 is 11.3 Å². The number of aryl methyl sites for hydroxylation is 1. The minimum atomic E-state index is -0.222. The molecule has 0 aliphatic carbocycles. The van der Waals surface area contributed by atoms with Gasteiger partial charge in [-0.2, -0.15) is 0 Å². The number of anilines is 1. The summed E-state index contributed by atoms with van der Waals surface area (Å²) in [5.74, 6) is -0.113. The Morgan fingerprint density at radius 3 is 2.38 bits per heavy atom. The number of nitrogens with zero attached hydrogens (tertiary/aromatic N) is 2. The quantitative estimate of drug-likeness (QED) is 0.851. The number of piperazine rings is 1. The highest BCUT2D eigenvalue weighted by Gasteiger charge is 2.22. The fraction of sp³-hybridized carbons (Fsp3) is 0.312. The smallest absolute Gasteiger partial charge is 0.254 e.